The first kappa shape index (κ1) is 22.1. The number of hydrogen-bond acceptors (Lipinski definition) is 5. The Morgan fingerprint density at radius 2 is 1.69 bits per heavy atom. The number of benzene rings is 2. The number of Topliss-reactive ketones (excluding diaryl/α,β-unsaturated/α-hetero) is 1. The molecule has 0 aliphatic heterocycles. The lowest BCUT2D eigenvalue weighted by atomic mass is 10.1. The van der Waals surface area contributed by atoms with Gasteiger partial charge < -0.3 is 15.2 Å². The number of unbranched alkanes of at least 4 members (excludes halogenated alkanes) is 1. The molecular formula is C23H27NO5. The minimum atomic E-state index is -0.432. The number of phenols is 1. The van der Waals surface area contributed by atoms with Crippen LogP contribution in [0.3, 0.4) is 0 Å². The van der Waals surface area contributed by atoms with Gasteiger partial charge in [-0.2, -0.15) is 0 Å². The van der Waals surface area contributed by atoms with E-state index in [1.807, 2.05) is 12.1 Å². The van der Waals surface area contributed by atoms with E-state index in [2.05, 4.69) is 5.32 Å². The molecule has 2 rings (SSSR count). The summed E-state index contributed by atoms with van der Waals surface area (Å²) < 4.78 is 5.09. The van der Waals surface area contributed by atoms with Gasteiger partial charge in [-0.3, -0.25) is 9.59 Å². The third-order valence-electron chi connectivity index (χ3n) is 4.48. The summed E-state index contributed by atoms with van der Waals surface area (Å²) in [6.45, 7) is 2.28. The second kappa shape index (κ2) is 11.6. The van der Waals surface area contributed by atoms with Crippen LogP contribution in [0, 0.1) is 6.92 Å². The highest BCUT2D eigenvalue weighted by atomic mass is 16.5. The van der Waals surface area contributed by atoms with Crippen LogP contribution in [0.2, 0.25) is 0 Å². The Kier molecular flexibility index (Phi) is 8.89. The molecule has 2 aromatic carbocycles. The van der Waals surface area contributed by atoms with Crippen molar-refractivity contribution in [2.75, 3.05) is 6.61 Å². The summed E-state index contributed by atoms with van der Waals surface area (Å²) in [6.07, 6.45) is 2.15. The van der Waals surface area contributed by atoms with E-state index >= 15 is 0 Å². The van der Waals surface area contributed by atoms with Crippen molar-refractivity contribution in [1.29, 1.82) is 0 Å². The summed E-state index contributed by atoms with van der Waals surface area (Å²) in [5.41, 5.74) is 2.16. The first-order chi connectivity index (χ1) is 14.0. The van der Waals surface area contributed by atoms with E-state index < -0.39 is 5.97 Å². The first-order valence-electron chi connectivity index (χ1n) is 9.75. The van der Waals surface area contributed by atoms with Crippen molar-refractivity contribution < 1.29 is 24.2 Å². The van der Waals surface area contributed by atoms with Crippen LogP contribution in [-0.2, 0) is 20.9 Å². The van der Waals surface area contributed by atoms with Crippen LogP contribution in [0.4, 0.5) is 0 Å². The van der Waals surface area contributed by atoms with E-state index in [-0.39, 0.29) is 30.5 Å². The molecule has 0 radical (unpaired) electrons. The molecule has 0 saturated heterocycles. The van der Waals surface area contributed by atoms with Crippen LogP contribution in [0.5, 0.6) is 5.75 Å². The fourth-order valence-corrected chi connectivity index (χ4v) is 2.76. The van der Waals surface area contributed by atoms with Gasteiger partial charge in [0.2, 0.25) is 5.91 Å². The maximum Gasteiger partial charge on any atom is 0.338 e. The van der Waals surface area contributed by atoms with Crippen molar-refractivity contribution in [3.63, 3.8) is 0 Å². The van der Waals surface area contributed by atoms with Gasteiger partial charge in [0.1, 0.15) is 11.5 Å². The molecule has 0 heterocycles. The van der Waals surface area contributed by atoms with Crippen molar-refractivity contribution in [3.8, 4) is 5.75 Å². The maximum atomic E-state index is 11.9. The second-order valence-corrected chi connectivity index (χ2v) is 6.90. The van der Waals surface area contributed by atoms with Crippen LogP contribution < -0.4 is 5.32 Å². The molecule has 6 nitrogen and oxygen atoms in total. The van der Waals surface area contributed by atoms with Gasteiger partial charge in [-0.1, -0.05) is 30.3 Å². The number of rotatable bonds is 11. The van der Waals surface area contributed by atoms with E-state index in [9.17, 15) is 19.5 Å². The molecule has 0 aromatic heterocycles. The van der Waals surface area contributed by atoms with E-state index in [0.29, 0.717) is 37.8 Å². The van der Waals surface area contributed by atoms with Gasteiger partial charge in [-0.25, -0.2) is 4.79 Å². The van der Waals surface area contributed by atoms with Crippen molar-refractivity contribution >= 4 is 17.7 Å². The van der Waals surface area contributed by atoms with E-state index in [1.54, 1.807) is 43.3 Å². The number of amides is 1. The molecule has 0 unspecified atom stereocenters. The first-order valence-corrected chi connectivity index (χ1v) is 9.75. The Hall–Kier alpha value is -3.15. The number of nitrogens with one attached hydrogen (secondary N) is 1. The zero-order chi connectivity index (χ0) is 21.1. The smallest absolute Gasteiger partial charge is 0.338 e. The number of aromatic hydroxyl groups is 1. The second-order valence-electron chi connectivity index (χ2n) is 6.90. The van der Waals surface area contributed by atoms with Gasteiger partial charge >= 0.3 is 5.97 Å². The number of hydrogen-bond donors (Lipinski definition) is 2. The number of carbonyl (C=O) groups excluding carboxylic acids is 3. The summed E-state index contributed by atoms with van der Waals surface area (Å²) in [6, 6.07) is 13.9. The minimum Gasteiger partial charge on any atom is -0.508 e. The lowest BCUT2D eigenvalue weighted by molar-refractivity contribution is -0.122. The number of ketones is 1. The van der Waals surface area contributed by atoms with Gasteiger partial charge in [0, 0.05) is 25.8 Å². The Morgan fingerprint density at radius 3 is 2.41 bits per heavy atom. The lowest BCUT2D eigenvalue weighted by Crippen LogP contribution is -2.22. The van der Waals surface area contributed by atoms with Crippen molar-refractivity contribution in [2.24, 2.45) is 0 Å². The topological polar surface area (TPSA) is 92.7 Å². The number of carbonyl (C=O) groups is 3. The molecule has 1 amide bonds. The highest BCUT2D eigenvalue weighted by molar-refractivity contribution is 5.89. The molecule has 0 fully saturated rings. The SMILES string of the molecule is Cc1cc(CNC(=O)CCCCC(=O)CCOC(=O)c2ccccc2)ccc1O. The molecule has 0 spiro atoms. The summed E-state index contributed by atoms with van der Waals surface area (Å²) >= 11 is 0. The van der Waals surface area contributed by atoms with Crippen LogP contribution in [0.25, 0.3) is 0 Å². The summed E-state index contributed by atoms with van der Waals surface area (Å²) in [5, 5.41) is 12.3. The normalized spacial score (nSPS) is 10.4. The molecule has 0 aliphatic carbocycles. The van der Waals surface area contributed by atoms with Gasteiger partial charge in [0.05, 0.1) is 12.2 Å². The summed E-state index contributed by atoms with van der Waals surface area (Å²) in [5.74, 6) is -0.246. The minimum absolute atomic E-state index is 0.0193. The van der Waals surface area contributed by atoms with Crippen molar-refractivity contribution in [2.45, 2.75) is 45.6 Å². The van der Waals surface area contributed by atoms with Gasteiger partial charge in [-0.05, 0) is 49.1 Å². The third-order valence-corrected chi connectivity index (χ3v) is 4.48. The molecule has 154 valence electrons. The maximum absolute atomic E-state index is 11.9. The largest absolute Gasteiger partial charge is 0.508 e. The molecular weight excluding hydrogens is 370 g/mol. The Bertz CT molecular complexity index is 832. The number of esters is 1. The Balaban J connectivity index is 1.53. The van der Waals surface area contributed by atoms with E-state index in [0.717, 1.165) is 11.1 Å². The zero-order valence-electron chi connectivity index (χ0n) is 16.6. The fourth-order valence-electron chi connectivity index (χ4n) is 2.76. The van der Waals surface area contributed by atoms with Gasteiger partial charge in [-0.15, -0.1) is 0 Å². The Morgan fingerprint density at radius 1 is 0.966 bits per heavy atom. The van der Waals surface area contributed by atoms with Crippen LogP contribution >= 0.6 is 0 Å². The summed E-state index contributed by atoms with van der Waals surface area (Å²) in [7, 11) is 0. The quantitative estimate of drug-likeness (QED) is 0.446. The number of phenolic OH excluding ortho intramolecular Hbond substituents is 1. The van der Waals surface area contributed by atoms with Gasteiger partial charge in [0.25, 0.3) is 0 Å². The molecule has 0 aliphatic rings. The van der Waals surface area contributed by atoms with Crippen LogP contribution in [0.15, 0.2) is 48.5 Å². The predicted molar refractivity (Wildman–Crippen MR) is 110 cm³/mol. The predicted octanol–water partition coefficient (Wildman–Crippen LogP) is 3.69. The van der Waals surface area contributed by atoms with Crippen molar-refractivity contribution in [1.82, 2.24) is 5.32 Å². The van der Waals surface area contributed by atoms with Crippen LogP contribution in [0.1, 0.15) is 53.6 Å². The molecule has 29 heavy (non-hydrogen) atoms. The standard InChI is InChI=1S/C23H27NO5/c1-17-15-18(11-12-21(17)26)16-24-22(27)10-6-5-9-20(25)13-14-29-23(28)19-7-3-2-4-8-19/h2-4,7-8,11-12,15,26H,5-6,9-10,13-14,16H2,1H3,(H,24,27). The highest BCUT2D eigenvalue weighted by Crippen LogP contribution is 2.16. The molecule has 2 aromatic rings. The van der Waals surface area contributed by atoms with E-state index in [1.165, 1.54) is 0 Å². The number of ether oxygens (including phenoxy) is 1. The van der Waals surface area contributed by atoms with Crippen LogP contribution in [-0.4, -0.2) is 29.4 Å². The number of aryl methyl sites for hydroxylation is 1. The fraction of sp³-hybridized carbons (Fsp3) is 0.348. The highest BCUT2D eigenvalue weighted by Gasteiger charge is 2.09. The molecule has 0 atom stereocenters. The zero-order valence-corrected chi connectivity index (χ0v) is 16.6. The van der Waals surface area contributed by atoms with E-state index in [4.69, 9.17) is 4.74 Å². The average molecular weight is 397 g/mol. The molecule has 6 heteroatoms. The summed E-state index contributed by atoms with van der Waals surface area (Å²) in [4.78, 5) is 35.5. The van der Waals surface area contributed by atoms with Crippen molar-refractivity contribution in [3.05, 3.63) is 65.2 Å². The Labute approximate surface area is 170 Å². The third kappa shape index (κ3) is 8.17. The monoisotopic (exact) mass is 397 g/mol. The molecule has 0 saturated carbocycles. The lowest BCUT2D eigenvalue weighted by Gasteiger charge is -2.07. The molecule has 0 bridgehead atoms. The molecule has 2 N–H and O–H groups in total. The average Bonchev–Trinajstić information content (AvgIpc) is 2.72. The van der Waals surface area contributed by atoms with Gasteiger partial charge in [0.15, 0.2) is 0 Å².